The molecule has 7 nitrogen and oxygen atoms in total. The molecule has 0 N–H and O–H groups in total. The summed E-state index contributed by atoms with van der Waals surface area (Å²) in [5.41, 5.74) is 2.93. The predicted octanol–water partition coefficient (Wildman–Crippen LogP) is 4.27. The molecule has 0 bridgehead atoms. The van der Waals surface area contributed by atoms with E-state index in [1.807, 2.05) is 78.2 Å². The standard InChI is InChI=1S/C25H25N5O2S/c1-19-8-6-12-22(16-19)32-15-14-29(2)23(31)18-33-25-28-27-24(20-9-7-13-26-17-20)30(25)21-10-4-3-5-11-21/h3-13,16-17H,14-15,18H2,1-2H3. The summed E-state index contributed by atoms with van der Waals surface area (Å²) in [7, 11) is 1.78. The molecule has 0 aliphatic rings. The van der Waals surface area contributed by atoms with E-state index in [4.69, 9.17) is 4.74 Å². The highest BCUT2D eigenvalue weighted by atomic mass is 32.2. The number of carbonyl (C=O) groups is 1. The van der Waals surface area contributed by atoms with Gasteiger partial charge in [0.1, 0.15) is 12.4 Å². The molecule has 8 heteroatoms. The zero-order valence-electron chi connectivity index (χ0n) is 18.6. The molecule has 0 radical (unpaired) electrons. The van der Waals surface area contributed by atoms with Crippen molar-refractivity contribution in [2.75, 3.05) is 26.0 Å². The molecule has 168 valence electrons. The Balaban J connectivity index is 1.41. The van der Waals surface area contributed by atoms with Crippen molar-refractivity contribution in [2.45, 2.75) is 12.1 Å². The first-order chi connectivity index (χ1) is 16.1. The largest absolute Gasteiger partial charge is 0.492 e. The first-order valence-corrected chi connectivity index (χ1v) is 11.6. The Labute approximate surface area is 197 Å². The second-order valence-electron chi connectivity index (χ2n) is 7.49. The fraction of sp³-hybridized carbons (Fsp3) is 0.200. The minimum atomic E-state index is -0.00150. The van der Waals surface area contributed by atoms with Crippen LogP contribution in [-0.2, 0) is 4.79 Å². The Hall–Kier alpha value is -3.65. The first-order valence-electron chi connectivity index (χ1n) is 10.6. The predicted molar refractivity (Wildman–Crippen MR) is 130 cm³/mol. The van der Waals surface area contributed by atoms with Crippen LogP contribution in [0.15, 0.2) is 84.3 Å². The van der Waals surface area contributed by atoms with E-state index < -0.39 is 0 Å². The molecular formula is C25H25N5O2S. The van der Waals surface area contributed by atoms with Crippen LogP contribution in [0.3, 0.4) is 0 Å². The fourth-order valence-corrected chi connectivity index (χ4v) is 4.11. The summed E-state index contributed by atoms with van der Waals surface area (Å²) < 4.78 is 7.72. The molecule has 0 aliphatic carbocycles. The lowest BCUT2D eigenvalue weighted by molar-refractivity contribution is -0.127. The molecule has 0 fully saturated rings. The van der Waals surface area contributed by atoms with Crippen LogP contribution < -0.4 is 4.74 Å². The van der Waals surface area contributed by atoms with Gasteiger partial charge in [-0.2, -0.15) is 0 Å². The summed E-state index contributed by atoms with van der Waals surface area (Å²) >= 11 is 1.36. The Morgan fingerprint density at radius 1 is 1.06 bits per heavy atom. The van der Waals surface area contributed by atoms with Crippen LogP contribution in [0, 0.1) is 6.92 Å². The normalized spacial score (nSPS) is 10.7. The summed E-state index contributed by atoms with van der Waals surface area (Å²) in [5.74, 6) is 1.74. The van der Waals surface area contributed by atoms with Crippen LogP contribution in [0.1, 0.15) is 5.56 Å². The third kappa shape index (κ3) is 5.78. The van der Waals surface area contributed by atoms with E-state index in [0.29, 0.717) is 24.1 Å². The number of nitrogens with zero attached hydrogens (tertiary/aromatic N) is 5. The van der Waals surface area contributed by atoms with E-state index in [-0.39, 0.29) is 11.7 Å². The molecule has 0 unspecified atom stereocenters. The van der Waals surface area contributed by atoms with Gasteiger partial charge in [-0.1, -0.05) is 42.1 Å². The van der Waals surface area contributed by atoms with E-state index in [9.17, 15) is 4.79 Å². The number of aromatic nitrogens is 4. The third-order valence-corrected chi connectivity index (χ3v) is 5.92. The van der Waals surface area contributed by atoms with Crippen molar-refractivity contribution in [1.82, 2.24) is 24.6 Å². The van der Waals surface area contributed by atoms with E-state index in [0.717, 1.165) is 22.6 Å². The molecule has 0 spiro atoms. The highest BCUT2D eigenvalue weighted by Gasteiger charge is 2.18. The SMILES string of the molecule is Cc1cccc(OCCN(C)C(=O)CSc2nnc(-c3cccnc3)n2-c2ccccc2)c1. The van der Waals surface area contributed by atoms with Gasteiger partial charge in [0.05, 0.1) is 12.3 Å². The number of hydrogen-bond donors (Lipinski definition) is 0. The smallest absolute Gasteiger partial charge is 0.232 e. The lowest BCUT2D eigenvalue weighted by atomic mass is 10.2. The van der Waals surface area contributed by atoms with Gasteiger partial charge in [-0.25, -0.2) is 0 Å². The number of thioether (sulfide) groups is 1. The lowest BCUT2D eigenvalue weighted by Crippen LogP contribution is -2.32. The fourth-order valence-electron chi connectivity index (χ4n) is 3.22. The number of para-hydroxylation sites is 1. The average Bonchev–Trinajstić information content (AvgIpc) is 3.27. The highest BCUT2D eigenvalue weighted by Crippen LogP contribution is 2.27. The van der Waals surface area contributed by atoms with E-state index in [2.05, 4.69) is 15.2 Å². The van der Waals surface area contributed by atoms with Gasteiger partial charge in [-0.05, 0) is 48.9 Å². The molecular weight excluding hydrogens is 434 g/mol. The van der Waals surface area contributed by atoms with Crippen LogP contribution in [0.2, 0.25) is 0 Å². The molecule has 4 rings (SSSR count). The van der Waals surface area contributed by atoms with Crippen molar-refractivity contribution in [1.29, 1.82) is 0 Å². The van der Waals surface area contributed by atoms with Crippen molar-refractivity contribution in [2.24, 2.45) is 0 Å². The number of hydrogen-bond acceptors (Lipinski definition) is 6. The lowest BCUT2D eigenvalue weighted by Gasteiger charge is -2.17. The van der Waals surface area contributed by atoms with E-state index >= 15 is 0 Å². The molecule has 2 heterocycles. The first kappa shape index (κ1) is 22.5. The maximum absolute atomic E-state index is 12.7. The molecule has 0 atom stereocenters. The minimum absolute atomic E-state index is 0.00150. The van der Waals surface area contributed by atoms with Crippen LogP contribution in [0.4, 0.5) is 0 Å². The molecule has 0 aliphatic heterocycles. The molecule has 0 saturated carbocycles. The van der Waals surface area contributed by atoms with Gasteiger partial charge in [-0.3, -0.25) is 14.3 Å². The zero-order chi connectivity index (χ0) is 23.0. The summed E-state index contributed by atoms with van der Waals surface area (Å²) in [6.45, 7) is 2.95. The van der Waals surface area contributed by atoms with E-state index in [1.54, 1.807) is 24.3 Å². The van der Waals surface area contributed by atoms with Crippen LogP contribution >= 0.6 is 11.8 Å². The van der Waals surface area contributed by atoms with Crippen molar-refractivity contribution < 1.29 is 9.53 Å². The zero-order valence-corrected chi connectivity index (χ0v) is 19.4. The van der Waals surface area contributed by atoms with Crippen LogP contribution in [-0.4, -0.2) is 56.5 Å². The maximum Gasteiger partial charge on any atom is 0.232 e. The number of ether oxygens (including phenoxy) is 1. The van der Waals surface area contributed by atoms with Gasteiger partial charge in [0.15, 0.2) is 11.0 Å². The minimum Gasteiger partial charge on any atom is -0.492 e. The third-order valence-electron chi connectivity index (χ3n) is 5.00. The monoisotopic (exact) mass is 459 g/mol. The Kier molecular flexibility index (Phi) is 7.36. The van der Waals surface area contributed by atoms with Gasteiger partial charge in [0.25, 0.3) is 0 Å². The number of benzene rings is 2. The highest BCUT2D eigenvalue weighted by molar-refractivity contribution is 7.99. The van der Waals surface area contributed by atoms with Crippen molar-refractivity contribution >= 4 is 17.7 Å². The number of amides is 1. The van der Waals surface area contributed by atoms with E-state index in [1.165, 1.54) is 11.8 Å². The molecule has 2 aromatic heterocycles. The molecule has 4 aromatic rings. The van der Waals surface area contributed by atoms with Gasteiger partial charge in [-0.15, -0.1) is 10.2 Å². The van der Waals surface area contributed by atoms with Gasteiger partial charge in [0, 0.05) is 30.7 Å². The number of aryl methyl sites for hydroxylation is 1. The van der Waals surface area contributed by atoms with Crippen LogP contribution in [0.25, 0.3) is 17.1 Å². The van der Waals surface area contributed by atoms with Gasteiger partial charge < -0.3 is 9.64 Å². The Morgan fingerprint density at radius 3 is 2.67 bits per heavy atom. The second-order valence-corrected chi connectivity index (χ2v) is 8.43. The van der Waals surface area contributed by atoms with Crippen LogP contribution in [0.5, 0.6) is 5.75 Å². The quantitative estimate of drug-likeness (QED) is 0.348. The topological polar surface area (TPSA) is 73.1 Å². The van der Waals surface area contributed by atoms with Crippen molar-refractivity contribution in [3.63, 3.8) is 0 Å². The number of rotatable bonds is 9. The van der Waals surface area contributed by atoms with Gasteiger partial charge >= 0.3 is 0 Å². The summed E-state index contributed by atoms with van der Waals surface area (Å²) in [4.78, 5) is 18.6. The maximum atomic E-state index is 12.7. The number of pyridine rings is 1. The average molecular weight is 460 g/mol. The molecule has 2 aromatic carbocycles. The Morgan fingerprint density at radius 2 is 1.91 bits per heavy atom. The molecule has 1 amide bonds. The molecule has 0 saturated heterocycles. The summed E-state index contributed by atoms with van der Waals surface area (Å²) in [6.07, 6.45) is 3.48. The molecule has 33 heavy (non-hydrogen) atoms. The summed E-state index contributed by atoms with van der Waals surface area (Å²) in [5, 5.41) is 9.40. The van der Waals surface area contributed by atoms with Crippen molar-refractivity contribution in [3.8, 4) is 22.8 Å². The summed E-state index contributed by atoms with van der Waals surface area (Å²) in [6, 6.07) is 21.5. The second kappa shape index (κ2) is 10.8. The van der Waals surface area contributed by atoms with Crippen molar-refractivity contribution in [3.05, 3.63) is 84.7 Å². The number of carbonyl (C=O) groups excluding carboxylic acids is 1. The Bertz CT molecular complexity index is 1200. The van der Waals surface area contributed by atoms with Gasteiger partial charge in [0.2, 0.25) is 5.91 Å². The number of likely N-dealkylation sites (N-methyl/N-ethyl adjacent to an activating group) is 1.